The average molecular weight is 321 g/mol. The van der Waals surface area contributed by atoms with Crippen molar-refractivity contribution in [1.82, 2.24) is 5.32 Å². The van der Waals surface area contributed by atoms with Gasteiger partial charge in [-0.3, -0.25) is 9.59 Å². The van der Waals surface area contributed by atoms with Gasteiger partial charge in [0.2, 0.25) is 5.91 Å². The zero-order valence-electron chi connectivity index (χ0n) is 13.5. The Balaban J connectivity index is 2.59. The lowest BCUT2D eigenvalue weighted by Gasteiger charge is -2.17. The maximum Gasteiger partial charge on any atom is 0.328 e. The van der Waals surface area contributed by atoms with E-state index in [4.69, 9.17) is 9.47 Å². The van der Waals surface area contributed by atoms with Crippen LogP contribution in [0.4, 0.5) is 0 Å². The largest absolute Gasteiger partial charge is 0.466 e. The van der Waals surface area contributed by atoms with E-state index in [1.807, 2.05) is 30.3 Å². The van der Waals surface area contributed by atoms with Crippen LogP contribution in [0, 0.1) is 0 Å². The van der Waals surface area contributed by atoms with Gasteiger partial charge in [0.05, 0.1) is 19.6 Å². The molecule has 23 heavy (non-hydrogen) atoms. The van der Waals surface area contributed by atoms with Crippen LogP contribution in [-0.2, 0) is 30.3 Å². The lowest BCUT2D eigenvalue weighted by atomic mass is 10.1. The Morgan fingerprint density at radius 2 is 1.70 bits per heavy atom. The van der Waals surface area contributed by atoms with E-state index in [0.717, 1.165) is 5.56 Å². The number of amides is 1. The Kier molecular flexibility index (Phi) is 8.42. The van der Waals surface area contributed by atoms with Gasteiger partial charge in [-0.15, -0.1) is 0 Å². The molecule has 1 unspecified atom stereocenters. The molecule has 0 aromatic heterocycles. The van der Waals surface area contributed by atoms with E-state index in [1.54, 1.807) is 13.8 Å². The van der Waals surface area contributed by atoms with Gasteiger partial charge in [0.15, 0.2) is 0 Å². The normalized spacial score (nSPS) is 11.4. The molecule has 0 aliphatic carbocycles. The summed E-state index contributed by atoms with van der Waals surface area (Å²) >= 11 is 0. The summed E-state index contributed by atoms with van der Waals surface area (Å²) in [5.74, 6) is -1.24. The van der Waals surface area contributed by atoms with E-state index in [0.29, 0.717) is 0 Å². The summed E-state index contributed by atoms with van der Waals surface area (Å²) < 4.78 is 9.77. The molecule has 6 heteroatoms. The SMILES string of the molecule is CCOC(=O)CCC(NC(=O)Cc1ccccc1)C(=O)OCC. The summed E-state index contributed by atoms with van der Waals surface area (Å²) in [6, 6.07) is 8.35. The van der Waals surface area contributed by atoms with Crippen LogP contribution in [0.3, 0.4) is 0 Å². The summed E-state index contributed by atoms with van der Waals surface area (Å²) in [5, 5.41) is 2.63. The van der Waals surface area contributed by atoms with Gasteiger partial charge >= 0.3 is 11.9 Å². The lowest BCUT2D eigenvalue weighted by Crippen LogP contribution is -2.43. The molecule has 1 atom stereocenters. The Bertz CT molecular complexity index is 515. The van der Waals surface area contributed by atoms with Crippen molar-refractivity contribution in [3.8, 4) is 0 Å². The van der Waals surface area contributed by atoms with Gasteiger partial charge in [-0.05, 0) is 25.8 Å². The Labute approximate surface area is 136 Å². The molecule has 0 fully saturated rings. The molecular weight excluding hydrogens is 298 g/mol. The Morgan fingerprint density at radius 1 is 1.04 bits per heavy atom. The monoisotopic (exact) mass is 321 g/mol. The van der Waals surface area contributed by atoms with Crippen molar-refractivity contribution in [3.63, 3.8) is 0 Å². The third-order valence-corrected chi connectivity index (χ3v) is 3.06. The van der Waals surface area contributed by atoms with Crippen LogP contribution in [0.2, 0.25) is 0 Å². The van der Waals surface area contributed by atoms with Crippen molar-refractivity contribution in [2.24, 2.45) is 0 Å². The van der Waals surface area contributed by atoms with E-state index in [1.165, 1.54) is 0 Å². The molecule has 1 N–H and O–H groups in total. The van der Waals surface area contributed by atoms with Crippen LogP contribution in [0.5, 0.6) is 0 Å². The number of ether oxygens (including phenoxy) is 2. The molecule has 0 bridgehead atoms. The standard InChI is InChI=1S/C17H23NO5/c1-3-22-16(20)11-10-14(17(21)23-4-2)18-15(19)12-13-8-6-5-7-9-13/h5-9,14H,3-4,10-12H2,1-2H3,(H,18,19). The molecule has 1 aromatic rings. The van der Waals surface area contributed by atoms with Crippen molar-refractivity contribution >= 4 is 17.8 Å². The highest BCUT2D eigenvalue weighted by Crippen LogP contribution is 2.05. The topological polar surface area (TPSA) is 81.7 Å². The van der Waals surface area contributed by atoms with Crippen LogP contribution in [0.1, 0.15) is 32.3 Å². The minimum atomic E-state index is -0.851. The highest BCUT2D eigenvalue weighted by Gasteiger charge is 2.23. The third-order valence-electron chi connectivity index (χ3n) is 3.06. The molecule has 0 spiro atoms. The molecule has 0 aliphatic heterocycles. The number of rotatable bonds is 9. The second kappa shape index (κ2) is 10.4. The number of hydrogen-bond donors (Lipinski definition) is 1. The van der Waals surface area contributed by atoms with Gasteiger partial charge in [-0.2, -0.15) is 0 Å². The van der Waals surface area contributed by atoms with Gasteiger partial charge in [0.25, 0.3) is 0 Å². The second-order valence-corrected chi connectivity index (χ2v) is 4.88. The van der Waals surface area contributed by atoms with E-state index >= 15 is 0 Å². The summed E-state index contributed by atoms with van der Waals surface area (Å²) in [6.07, 6.45) is 0.358. The molecule has 1 rings (SSSR count). The van der Waals surface area contributed by atoms with Crippen LogP contribution < -0.4 is 5.32 Å². The van der Waals surface area contributed by atoms with Crippen molar-refractivity contribution in [1.29, 1.82) is 0 Å². The molecule has 1 amide bonds. The van der Waals surface area contributed by atoms with Gasteiger partial charge in [0, 0.05) is 6.42 Å². The van der Waals surface area contributed by atoms with Crippen molar-refractivity contribution < 1.29 is 23.9 Å². The van der Waals surface area contributed by atoms with Gasteiger partial charge in [0.1, 0.15) is 6.04 Å². The number of carbonyl (C=O) groups excluding carboxylic acids is 3. The summed E-state index contributed by atoms with van der Waals surface area (Å²) in [5.41, 5.74) is 0.845. The number of nitrogens with one attached hydrogen (secondary N) is 1. The van der Waals surface area contributed by atoms with E-state index < -0.39 is 18.0 Å². The Morgan fingerprint density at radius 3 is 2.30 bits per heavy atom. The third kappa shape index (κ3) is 7.44. The minimum absolute atomic E-state index is 0.0446. The fourth-order valence-electron chi connectivity index (χ4n) is 2.01. The minimum Gasteiger partial charge on any atom is -0.466 e. The van der Waals surface area contributed by atoms with Crippen LogP contribution >= 0.6 is 0 Å². The smallest absolute Gasteiger partial charge is 0.328 e. The molecular formula is C17H23NO5. The highest BCUT2D eigenvalue weighted by atomic mass is 16.5. The lowest BCUT2D eigenvalue weighted by molar-refractivity contribution is -0.148. The van der Waals surface area contributed by atoms with Gasteiger partial charge in [-0.25, -0.2) is 4.79 Å². The molecule has 0 aliphatic rings. The summed E-state index contributed by atoms with van der Waals surface area (Å²) in [4.78, 5) is 35.4. The first-order valence-electron chi connectivity index (χ1n) is 7.72. The van der Waals surface area contributed by atoms with Crippen molar-refractivity contribution in [2.75, 3.05) is 13.2 Å². The number of benzene rings is 1. The van der Waals surface area contributed by atoms with Gasteiger partial charge in [-0.1, -0.05) is 30.3 Å². The predicted octanol–water partition coefficient (Wildman–Crippen LogP) is 1.62. The van der Waals surface area contributed by atoms with Crippen LogP contribution in [-0.4, -0.2) is 37.1 Å². The van der Waals surface area contributed by atoms with Crippen LogP contribution in [0.15, 0.2) is 30.3 Å². The maximum absolute atomic E-state index is 12.1. The quantitative estimate of drug-likeness (QED) is 0.699. The number of esters is 2. The van der Waals surface area contributed by atoms with E-state index in [-0.39, 0.29) is 38.4 Å². The zero-order chi connectivity index (χ0) is 17.1. The Hall–Kier alpha value is -2.37. The average Bonchev–Trinajstić information content (AvgIpc) is 2.52. The fraction of sp³-hybridized carbons (Fsp3) is 0.471. The summed E-state index contributed by atoms with van der Waals surface area (Å²) in [6.45, 7) is 3.89. The second-order valence-electron chi connectivity index (χ2n) is 4.88. The first-order chi connectivity index (χ1) is 11.1. The number of hydrogen-bond acceptors (Lipinski definition) is 5. The molecule has 6 nitrogen and oxygen atoms in total. The molecule has 0 heterocycles. The van der Waals surface area contributed by atoms with Gasteiger partial charge < -0.3 is 14.8 Å². The zero-order valence-corrected chi connectivity index (χ0v) is 13.5. The van der Waals surface area contributed by atoms with E-state index in [9.17, 15) is 14.4 Å². The predicted molar refractivity (Wildman–Crippen MR) is 84.6 cm³/mol. The van der Waals surface area contributed by atoms with Crippen molar-refractivity contribution in [2.45, 2.75) is 39.2 Å². The molecule has 1 aromatic carbocycles. The molecule has 0 saturated carbocycles. The summed E-state index contributed by atoms with van der Waals surface area (Å²) in [7, 11) is 0. The molecule has 126 valence electrons. The number of carbonyl (C=O) groups is 3. The molecule has 0 radical (unpaired) electrons. The van der Waals surface area contributed by atoms with E-state index in [2.05, 4.69) is 5.32 Å². The van der Waals surface area contributed by atoms with Crippen LogP contribution in [0.25, 0.3) is 0 Å². The maximum atomic E-state index is 12.1. The fourth-order valence-corrected chi connectivity index (χ4v) is 2.01. The first kappa shape index (κ1) is 18.7. The molecule has 0 saturated heterocycles. The van der Waals surface area contributed by atoms with Crippen molar-refractivity contribution in [3.05, 3.63) is 35.9 Å². The first-order valence-corrected chi connectivity index (χ1v) is 7.72. The highest BCUT2D eigenvalue weighted by molar-refractivity contribution is 5.86.